The number of amides is 1. The first-order valence-corrected chi connectivity index (χ1v) is 6.87. The second-order valence-corrected chi connectivity index (χ2v) is 4.92. The third-order valence-corrected chi connectivity index (χ3v) is 3.39. The van der Waals surface area contributed by atoms with Gasteiger partial charge in [-0.05, 0) is 36.4 Å². The van der Waals surface area contributed by atoms with Crippen LogP contribution in [0.5, 0.6) is 11.5 Å². The molecule has 2 aromatic rings. The Hall–Kier alpha value is -2.62. The molecule has 0 radical (unpaired) electrons. The summed E-state index contributed by atoms with van der Waals surface area (Å²) in [4.78, 5) is 24.7. The molecule has 1 amide bonds. The van der Waals surface area contributed by atoms with Crippen molar-refractivity contribution in [3.63, 3.8) is 0 Å². The molecule has 21 heavy (non-hydrogen) atoms. The summed E-state index contributed by atoms with van der Waals surface area (Å²) >= 11 is 0. The number of rotatable bonds is 3. The number of nitrogens with zero attached hydrogens (tertiary/aromatic N) is 1. The van der Waals surface area contributed by atoms with Crippen molar-refractivity contribution >= 4 is 17.4 Å². The highest BCUT2D eigenvalue weighted by atomic mass is 16.5. The van der Waals surface area contributed by atoms with Crippen molar-refractivity contribution < 1.29 is 14.3 Å². The highest BCUT2D eigenvalue weighted by molar-refractivity contribution is 6.08. The van der Waals surface area contributed by atoms with Gasteiger partial charge in [-0.3, -0.25) is 9.59 Å². The van der Waals surface area contributed by atoms with Gasteiger partial charge in [0.2, 0.25) is 5.91 Å². The van der Waals surface area contributed by atoms with E-state index in [1.165, 1.54) is 0 Å². The minimum Gasteiger partial charge on any atom is -0.457 e. The number of carbonyl (C=O) groups is 2. The summed E-state index contributed by atoms with van der Waals surface area (Å²) in [5.41, 5.74) is 0.799. The van der Waals surface area contributed by atoms with Crippen LogP contribution in [0, 0.1) is 0 Å². The van der Waals surface area contributed by atoms with E-state index in [9.17, 15) is 9.59 Å². The summed E-state index contributed by atoms with van der Waals surface area (Å²) < 4.78 is 5.71. The first-order chi connectivity index (χ1) is 10.2. The van der Waals surface area contributed by atoms with Crippen LogP contribution in [-0.4, -0.2) is 18.2 Å². The molecule has 4 heteroatoms. The van der Waals surface area contributed by atoms with Crippen molar-refractivity contribution in [1.82, 2.24) is 0 Å². The highest BCUT2D eigenvalue weighted by Gasteiger charge is 2.24. The zero-order valence-electron chi connectivity index (χ0n) is 11.5. The van der Waals surface area contributed by atoms with E-state index in [-0.39, 0.29) is 18.1 Å². The third kappa shape index (κ3) is 3.11. The lowest BCUT2D eigenvalue weighted by Crippen LogP contribution is -2.38. The van der Waals surface area contributed by atoms with Gasteiger partial charge >= 0.3 is 0 Å². The van der Waals surface area contributed by atoms with Gasteiger partial charge in [0.25, 0.3) is 0 Å². The fourth-order valence-electron chi connectivity index (χ4n) is 2.31. The average molecular weight is 281 g/mol. The lowest BCUT2D eigenvalue weighted by Gasteiger charge is -2.26. The molecule has 1 saturated heterocycles. The van der Waals surface area contributed by atoms with E-state index in [4.69, 9.17) is 4.74 Å². The lowest BCUT2D eigenvalue weighted by atomic mass is 10.1. The van der Waals surface area contributed by atoms with Crippen molar-refractivity contribution in [3.05, 3.63) is 54.6 Å². The molecule has 1 aliphatic rings. The molecule has 0 bridgehead atoms. The van der Waals surface area contributed by atoms with Gasteiger partial charge in [0.1, 0.15) is 17.3 Å². The van der Waals surface area contributed by atoms with Gasteiger partial charge < -0.3 is 9.64 Å². The molecule has 0 atom stereocenters. The summed E-state index contributed by atoms with van der Waals surface area (Å²) in [5, 5.41) is 0. The molecule has 1 heterocycles. The van der Waals surface area contributed by atoms with Crippen molar-refractivity contribution in [2.24, 2.45) is 0 Å². The Morgan fingerprint density at radius 2 is 1.52 bits per heavy atom. The minimum atomic E-state index is -0.136. The molecule has 0 spiro atoms. The molecular weight excluding hydrogens is 266 g/mol. The standard InChI is InChI=1S/C17H15NO3/c19-14-10-11-18(17(20)12-14)13-6-8-16(9-7-13)21-15-4-2-1-3-5-15/h1-9H,10-12H2. The Bertz CT molecular complexity index is 649. The number of ether oxygens (including phenoxy) is 1. The van der Waals surface area contributed by atoms with Gasteiger partial charge in [0.15, 0.2) is 0 Å². The van der Waals surface area contributed by atoms with E-state index in [0.29, 0.717) is 18.7 Å². The van der Waals surface area contributed by atoms with E-state index in [1.807, 2.05) is 54.6 Å². The normalized spacial score (nSPS) is 15.1. The number of carbonyl (C=O) groups excluding carboxylic acids is 2. The van der Waals surface area contributed by atoms with Crippen LogP contribution in [0.4, 0.5) is 5.69 Å². The van der Waals surface area contributed by atoms with Gasteiger partial charge in [0.05, 0.1) is 6.42 Å². The fraction of sp³-hybridized carbons (Fsp3) is 0.176. The molecule has 4 nitrogen and oxygen atoms in total. The predicted molar refractivity (Wildman–Crippen MR) is 79.6 cm³/mol. The maximum absolute atomic E-state index is 11.9. The van der Waals surface area contributed by atoms with Crippen molar-refractivity contribution in [1.29, 1.82) is 0 Å². The van der Waals surface area contributed by atoms with Crippen LogP contribution in [-0.2, 0) is 9.59 Å². The molecule has 0 aromatic heterocycles. The van der Waals surface area contributed by atoms with Crippen LogP contribution in [0.3, 0.4) is 0 Å². The smallest absolute Gasteiger partial charge is 0.234 e. The Morgan fingerprint density at radius 1 is 0.857 bits per heavy atom. The quantitative estimate of drug-likeness (QED) is 0.812. The molecule has 3 rings (SSSR count). The largest absolute Gasteiger partial charge is 0.457 e. The van der Waals surface area contributed by atoms with Crippen LogP contribution in [0.25, 0.3) is 0 Å². The summed E-state index contributed by atoms with van der Waals surface area (Å²) in [7, 11) is 0. The Kier molecular flexibility index (Phi) is 3.69. The summed E-state index contributed by atoms with van der Waals surface area (Å²) in [5.74, 6) is 1.36. The number of ketones is 1. The maximum Gasteiger partial charge on any atom is 0.234 e. The van der Waals surface area contributed by atoms with E-state index in [1.54, 1.807) is 4.90 Å². The van der Waals surface area contributed by atoms with Gasteiger partial charge in [0, 0.05) is 18.7 Å². The highest BCUT2D eigenvalue weighted by Crippen LogP contribution is 2.25. The van der Waals surface area contributed by atoms with Crippen LogP contribution < -0.4 is 9.64 Å². The topological polar surface area (TPSA) is 46.6 Å². The summed E-state index contributed by atoms with van der Waals surface area (Å²) in [6.07, 6.45) is 0.427. The molecule has 1 aliphatic heterocycles. The van der Waals surface area contributed by atoms with Gasteiger partial charge in [-0.15, -0.1) is 0 Å². The van der Waals surface area contributed by atoms with Crippen molar-refractivity contribution in [2.45, 2.75) is 12.8 Å². The van der Waals surface area contributed by atoms with E-state index >= 15 is 0 Å². The minimum absolute atomic E-state index is 0.00225. The van der Waals surface area contributed by atoms with Crippen LogP contribution >= 0.6 is 0 Å². The summed E-state index contributed by atoms with van der Waals surface area (Å²) in [6, 6.07) is 16.8. The van der Waals surface area contributed by atoms with Crippen LogP contribution in [0.2, 0.25) is 0 Å². The van der Waals surface area contributed by atoms with E-state index in [2.05, 4.69) is 0 Å². The second-order valence-electron chi connectivity index (χ2n) is 4.92. The van der Waals surface area contributed by atoms with Gasteiger partial charge in [-0.25, -0.2) is 0 Å². The van der Waals surface area contributed by atoms with E-state index < -0.39 is 0 Å². The van der Waals surface area contributed by atoms with Crippen molar-refractivity contribution in [2.75, 3.05) is 11.4 Å². The molecule has 0 saturated carbocycles. The molecular formula is C17H15NO3. The molecule has 2 aromatic carbocycles. The molecule has 0 unspecified atom stereocenters. The second kappa shape index (κ2) is 5.79. The number of piperidine rings is 1. The monoisotopic (exact) mass is 281 g/mol. The number of para-hydroxylation sites is 1. The summed E-state index contributed by atoms with van der Waals surface area (Å²) in [6.45, 7) is 0.455. The molecule has 0 N–H and O–H groups in total. The first kappa shape index (κ1) is 13.4. The number of Topliss-reactive ketones (excluding diaryl/α,β-unsaturated/α-hetero) is 1. The maximum atomic E-state index is 11.9. The first-order valence-electron chi connectivity index (χ1n) is 6.87. The zero-order chi connectivity index (χ0) is 14.7. The molecule has 106 valence electrons. The van der Waals surface area contributed by atoms with Crippen LogP contribution in [0.15, 0.2) is 54.6 Å². The van der Waals surface area contributed by atoms with Crippen LogP contribution in [0.1, 0.15) is 12.8 Å². The Balaban J connectivity index is 1.72. The van der Waals surface area contributed by atoms with Gasteiger partial charge in [-0.1, -0.05) is 18.2 Å². The molecule has 0 aliphatic carbocycles. The molecule has 1 fully saturated rings. The predicted octanol–water partition coefficient (Wildman–Crippen LogP) is 3.17. The average Bonchev–Trinajstić information content (AvgIpc) is 2.49. The number of anilines is 1. The van der Waals surface area contributed by atoms with Gasteiger partial charge in [-0.2, -0.15) is 0 Å². The lowest BCUT2D eigenvalue weighted by molar-refractivity contribution is -0.128. The Morgan fingerprint density at radius 3 is 2.19 bits per heavy atom. The fourth-order valence-corrected chi connectivity index (χ4v) is 2.31. The number of benzene rings is 2. The van der Waals surface area contributed by atoms with Crippen molar-refractivity contribution in [3.8, 4) is 11.5 Å². The zero-order valence-corrected chi connectivity index (χ0v) is 11.5. The number of hydrogen-bond donors (Lipinski definition) is 0. The number of hydrogen-bond acceptors (Lipinski definition) is 3. The SMILES string of the molecule is O=C1CCN(c2ccc(Oc3ccccc3)cc2)C(=O)C1. The third-order valence-electron chi connectivity index (χ3n) is 3.39. The van der Waals surface area contributed by atoms with E-state index in [0.717, 1.165) is 11.4 Å². The Labute approximate surface area is 123 Å².